The number of piperidine rings is 1. The van der Waals surface area contributed by atoms with Crippen molar-refractivity contribution in [2.45, 2.75) is 45.7 Å². The van der Waals surface area contributed by atoms with Crippen LogP contribution in [0.4, 0.5) is 15.9 Å². The highest BCUT2D eigenvalue weighted by molar-refractivity contribution is 6.18. The number of alkyl halides is 1. The Labute approximate surface area is 199 Å². The molecule has 1 aromatic heterocycles. The number of ketones is 1. The maximum atomic E-state index is 14.9. The van der Waals surface area contributed by atoms with Gasteiger partial charge in [0.05, 0.1) is 12.1 Å². The van der Waals surface area contributed by atoms with Gasteiger partial charge in [-0.3, -0.25) is 9.59 Å². The number of hydrogen-bond donors (Lipinski definition) is 0. The van der Waals surface area contributed by atoms with Crippen molar-refractivity contribution < 1.29 is 18.7 Å². The maximum absolute atomic E-state index is 14.9. The zero-order valence-corrected chi connectivity index (χ0v) is 19.9. The molecule has 2 unspecified atom stereocenters. The van der Waals surface area contributed by atoms with Crippen molar-refractivity contribution in [2.24, 2.45) is 5.92 Å². The maximum Gasteiger partial charge on any atom is 0.255 e. The summed E-state index contributed by atoms with van der Waals surface area (Å²) in [5.74, 6) is 0.948. The standard InChI is InChI=1S/C27H30FN3O3/c1-4-18-12-19-13-21(6-7-22(19)24(18)32)31-10-11-34-23-14-20(15-29-25(23)31)26(33)30-9-8-27(28,5-2)17(3)16-30/h6-7,12-15,17H,4-5,8-11,16H2,1-3H3. The van der Waals surface area contributed by atoms with E-state index in [-0.39, 0.29) is 17.6 Å². The van der Waals surface area contributed by atoms with Gasteiger partial charge in [-0.05, 0) is 55.2 Å². The lowest BCUT2D eigenvalue weighted by molar-refractivity contribution is 0.00520. The first-order chi connectivity index (χ1) is 16.3. The summed E-state index contributed by atoms with van der Waals surface area (Å²) in [6, 6.07) is 7.56. The number of rotatable bonds is 4. The molecule has 5 rings (SSSR count). The third-order valence-corrected chi connectivity index (χ3v) is 7.55. The van der Waals surface area contributed by atoms with E-state index in [0.29, 0.717) is 62.6 Å². The summed E-state index contributed by atoms with van der Waals surface area (Å²) in [6.07, 6.45) is 5.07. The number of amides is 1. The number of pyridine rings is 1. The molecule has 0 bridgehead atoms. The topological polar surface area (TPSA) is 62.7 Å². The Balaban J connectivity index is 1.39. The second kappa shape index (κ2) is 8.53. The molecule has 3 heterocycles. The van der Waals surface area contributed by atoms with Gasteiger partial charge in [0.15, 0.2) is 17.4 Å². The highest BCUT2D eigenvalue weighted by Crippen LogP contribution is 2.39. The second-order valence-electron chi connectivity index (χ2n) is 9.46. The van der Waals surface area contributed by atoms with E-state index in [9.17, 15) is 14.0 Å². The number of hydrogen-bond acceptors (Lipinski definition) is 5. The van der Waals surface area contributed by atoms with Crippen LogP contribution in [0.2, 0.25) is 0 Å². The summed E-state index contributed by atoms with van der Waals surface area (Å²) in [4.78, 5) is 34.0. The van der Waals surface area contributed by atoms with Crippen LogP contribution in [0.5, 0.6) is 5.75 Å². The summed E-state index contributed by atoms with van der Waals surface area (Å²) < 4.78 is 20.8. The van der Waals surface area contributed by atoms with Crippen LogP contribution in [0.15, 0.2) is 36.0 Å². The largest absolute Gasteiger partial charge is 0.488 e. The molecule has 1 aliphatic carbocycles. The van der Waals surface area contributed by atoms with Crippen molar-refractivity contribution in [3.63, 3.8) is 0 Å². The molecule has 0 spiro atoms. The van der Waals surface area contributed by atoms with E-state index < -0.39 is 5.67 Å². The SMILES string of the molecule is CCC1=Cc2cc(N3CCOc4cc(C(=O)N5CCC(F)(CC)C(C)C5)cnc43)ccc2C1=O. The average molecular weight is 464 g/mol. The van der Waals surface area contributed by atoms with Gasteiger partial charge in [-0.25, -0.2) is 9.37 Å². The molecule has 1 saturated heterocycles. The Morgan fingerprint density at radius 3 is 2.82 bits per heavy atom. The Bertz CT molecular complexity index is 1190. The van der Waals surface area contributed by atoms with Crippen molar-refractivity contribution in [3.8, 4) is 5.75 Å². The Hall–Kier alpha value is -3.22. The Morgan fingerprint density at radius 2 is 2.09 bits per heavy atom. The van der Waals surface area contributed by atoms with Crippen LogP contribution in [0.25, 0.3) is 6.08 Å². The fourth-order valence-electron chi connectivity index (χ4n) is 5.25. The number of ether oxygens (including phenoxy) is 1. The number of nitrogens with zero attached hydrogens (tertiary/aromatic N) is 3. The van der Waals surface area contributed by atoms with Crippen LogP contribution in [0.1, 0.15) is 66.3 Å². The third kappa shape index (κ3) is 3.67. The van der Waals surface area contributed by atoms with E-state index in [1.807, 2.05) is 45.0 Å². The molecule has 7 heteroatoms. The summed E-state index contributed by atoms with van der Waals surface area (Å²) in [5.41, 5.74) is 2.66. The summed E-state index contributed by atoms with van der Waals surface area (Å²) in [7, 11) is 0. The lowest BCUT2D eigenvalue weighted by atomic mass is 9.81. The minimum Gasteiger partial charge on any atom is -0.488 e. The van der Waals surface area contributed by atoms with Gasteiger partial charge in [0.1, 0.15) is 12.3 Å². The number of anilines is 2. The van der Waals surface area contributed by atoms with Gasteiger partial charge in [-0.15, -0.1) is 0 Å². The van der Waals surface area contributed by atoms with Crippen molar-refractivity contribution in [2.75, 3.05) is 31.1 Å². The molecular weight excluding hydrogens is 433 g/mol. The smallest absolute Gasteiger partial charge is 0.255 e. The molecule has 1 fully saturated rings. The lowest BCUT2D eigenvalue weighted by Crippen LogP contribution is -2.50. The van der Waals surface area contributed by atoms with E-state index in [0.717, 1.165) is 22.4 Å². The second-order valence-corrected chi connectivity index (χ2v) is 9.46. The number of likely N-dealkylation sites (tertiary alicyclic amines) is 1. The zero-order chi connectivity index (χ0) is 24.0. The number of benzene rings is 1. The van der Waals surface area contributed by atoms with Gasteiger partial charge < -0.3 is 14.5 Å². The molecule has 2 aliphatic heterocycles. The van der Waals surface area contributed by atoms with Gasteiger partial charge in [0.25, 0.3) is 5.91 Å². The molecule has 1 aromatic carbocycles. The zero-order valence-electron chi connectivity index (χ0n) is 19.9. The summed E-state index contributed by atoms with van der Waals surface area (Å²) in [5, 5.41) is 0. The van der Waals surface area contributed by atoms with Gasteiger partial charge in [0, 0.05) is 42.0 Å². The highest BCUT2D eigenvalue weighted by Gasteiger charge is 2.41. The quantitative estimate of drug-likeness (QED) is 0.624. The number of halogens is 1. The van der Waals surface area contributed by atoms with E-state index in [4.69, 9.17) is 4.74 Å². The van der Waals surface area contributed by atoms with Crippen LogP contribution >= 0.6 is 0 Å². The molecule has 178 valence electrons. The fourth-order valence-corrected chi connectivity index (χ4v) is 5.25. The average Bonchev–Trinajstić information content (AvgIpc) is 3.19. The van der Waals surface area contributed by atoms with E-state index >= 15 is 0 Å². The molecule has 0 saturated carbocycles. The third-order valence-electron chi connectivity index (χ3n) is 7.55. The van der Waals surface area contributed by atoms with Gasteiger partial charge in [0.2, 0.25) is 0 Å². The van der Waals surface area contributed by atoms with Crippen molar-refractivity contribution in [1.29, 1.82) is 0 Å². The van der Waals surface area contributed by atoms with Crippen molar-refractivity contribution in [1.82, 2.24) is 9.88 Å². The number of aromatic nitrogens is 1. The van der Waals surface area contributed by atoms with Gasteiger partial charge in [-0.1, -0.05) is 20.8 Å². The predicted molar refractivity (Wildman–Crippen MR) is 130 cm³/mol. The number of carbonyl (C=O) groups is 2. The molecule has 6 nitrogen and oxygen atoms in total. The van der Waals surface area contributed by atoms with Crippen LogP contribution in [-0.2, 0) is 0 Å². The monoisotopic (exact) mass is 463 g/mol. The van der Waals surface area contributed by atoms with Crippen LogP contribution in [0.3, 0.4) is 0 Å². The van der Waals surface area contributed by atoms with Crippen molar-refractivity contribution in [3.05, 3.63) is 52.7 Å². The first kappa shape index (κ1) is 22.6. The number of Topliss-reactive ketones (excluding diaryl/α,β-unsaturated/α-hetero) is 1. The van der Waals surface area contributed by atoms with Gasteiger partial charge in [-0.2, -0.15) is 0 Å². The van der Waals surface area contributed by atoms with Crippen LogP contribution in [0, 0.1) is 5.92 Å². The fraction of sp³-hybridized carbons (Fsp3) is 0.444. The number of carbonyl (C=O) groups excluding carboxylic acids is 2. The Kier molecular flexibility index (Phi) is 5.66. The molecule has 1 amide bonds. The van der Waals surface area contributed by atoms with E-state index in [1.165, 1.54) is 0 Å². The highest BCUT2D eigenvalue weighted by atomic mass is 19.1. The lowest BCUT2D eigenvalue weighted by Gasteiger charge is -2.41. The minimum atomic E-state index is -1.21. The number of fused-ring (bicyclic) bond motifs is 2. The summed E-state index contributed by atoms with van der Waals surface area (Å²) in [6.45, 7) is 7.59. The molecule has 0 radical (unpaired) electrons. The molecule has 0 N–H and O–H groups in total. The molecule has 34 heavy (non-hydrogen) atoms. The normalized spacial score (nSPS) is 23.8. The van der Waals surface area contributed by atoms with Crippen molar-refractivity contribution >= 4 is 29.3 Å². The first-order valence-electron chi connectivity index (χ1n) is 12.1. The molecule has 3 aliphatic rings. The van der Waals surface area contributed by atoms with E-state index in [1.54, 1.807) is 17.2 Å². The van der Waals surface area contributed by atoms with Crippen LogP contribution in [-0.4, -0.2) is 53.5 Å². The van der Waals surface area contributed by atoms with Gasteiger partial charge >= 0.3 is 0 Å². The van der Waals surface area contributed by atoms with E-state index in [2.05, 4.69) is 9.88 Å². The number of allylic oxidation sites excluding steroid dienone is 1. The summed E-state index contributed by atoms with van der Waals surface area (Å²) >= 11 is 0. The Morgan fingerprint density at radius 1 is 1.26 bits per heavy atom. The molecule has 2 aromatic rings. The van der Waals surface area contributed by atoms with Crippen LogP contribution < -0.4 is 9.64 Å². The minimum absolute atomic E-state index is 0.101. The first-order valence-corrected chi connectivity index (χ1v) is 12.1. The molecular formula is C27H30FN3O3. The predicted octanol–water partition coefficient (Wildman–Crippen LogP) is 5.20. The molecule has 2 atom stereocenters.